The molecule has 1 aliphatic rings. The van der Waals surface area contributed by atoms with E-state index < -0.39 is 0 Å². The summed E-state index contributed by atoms with van der Waals surface area (Å²) in [5.74, 6) is 1.67. The number of aryl methyl sites for hydroxylation is 2. The second kappa shape index (κ2) is 7.13. The van der Waals surface area contributed by atoms with Gasteiger partial charge in [0.2, 0.25) is 5.75 Å². The van der Waals surface area contributed by atoms with Crippen molar-refractivity contribution in [3.05, 3.63) is 39.1 Å². The largest absolute Gasteiger partial charge is 0.493 e. The van der Waals surface area contributed by atoms with Gasteiger partial charge in [0, 0.05) is 11.4 Å². The fourth-order valence-corrected chi connectivity index (χ4v) is 4.12. The molecule has 0 fully saturated rings. The quantitative estimate of drug-likeness (QED) is 0.872. The number of methoxy groups -OCH3 is 3. The van der Waals surface area contributed by atoms with Crippen molar-refractivity contribution in [2.24, 2.45) is 0 Å². The van der Waals surface area contributed by atoms with Gasteiger partial charge in [0.05, 0.1) is 26.2 Å². The Hall–Kier alpha value is -2.21. The van der Waals surface area contributed by atoms with E-state index >= 15 is 0 Å². The summed E-state index contributed by atoms with van der Waals surface area (Å²) in [6.07, 6.45) is 3.39. The summed E-state index contributed by atoms with van der Waals surface area (Å²) in [5.41, 5.74) is 2.22. The van der Waals surface area contributed by atoms with Crippen LogP contribution in [0.5, 0.6) is 17.2 Å². The summed E-state index contributed by atoms with van der Waals surface area (Å²) in [4.78, 5) is 14.5. The molecule has 1 aliphatic carbocycles. The van der Waals surface area contributed by atoms with Crippen LogP contribution >= 0.6 is 11.3 Å². The van der Waals surface area contributed by atoms with Gasteiger partial charge in [0.25, 0.3) is 5.91 Å². The Kier molecular flexibility index (Phi) is 4.94. The summed E-state index contributed by atoms with van der Waals surface area (Å²) < 4.78 is 16.0. The number of ether oxygens (including phenoxy) is 3. The third-order valence-electron chi connectivity index (χ3n) is 4.15. The van der Waals surface area contributed by atoms with Crippen LogP contribution in [-0.2, 0) is 19.4 Å². The maximum Gasteiger partial charge on any atom is 0.261 e. The molecule has 1 aromatic carbocycles. The van der Waals surface area contributed by atoms with E-state index in [1.807, 2.05) is 18.2 Å². The molecule has 24 heavy (non-hydrogen) atoms. The minimum Gasteiger partial charge on any atom is -0.493 e. The van der Waals surface area contributed by atoms with Crippen LogP contribution in [0, 0.1) is 0 Å². The Morgan fingerprint density at radius 3 is 2.38 bits per heavy atom. The maximum atomic E-state index is 12.4. The van der Waals surface area contributed by atoms with Gasteiger partial charge in [0.1, 0.15) is 0 Å². The second-order valence-electron chi connectivity index (χ2n) is 5.63. The van der Waals surface area contributed by atoms with Crippen molar-refractivity contribution in [3.8, 4) is 17.2 Å². The number of nitrogens with one attached hydrogen (secondary N) is 1. The lowest BCUT2D eigenvalue weighted by molar-refractivity contribution is 0.0955. The molecule has 1 amide bonds. The monoisotopic (exact) mass is 347 g/mol. The minimum absolute atomic E-state index is 0.0387. The van der Waals surface area contributed by atoms with Crippen molar-refractivity contribution >= 4 is 17.2 Å². The minimum atomic E-state index is -0.0387. The van der Waals surface area contributed by atoms with Crippen molar-refractivity contribution < 1.29 is 19.0 Å². The number of fused-ring (bicyclic) bond motifs is 1. The number of rotatable bonds is 6. The highest BCUT2D eigenvalue weighted by atomic mass is 32.1. The van der Waals surface area contributed by atoms with Crippen LogP contribution in [0.25, 0.3) is 0 Å². The zero-order valence-corrected chi connectivity index (χ0v) is 14.9. The van der Waals surface area contributed by atoms with Gasteiger partial charge in [0.15, 0.2) is 11.5 Å². The van der Waals surface area contributed by atoms with Gasteiger partial charge in [-0.3, -0.25) is 4.79 Å². The summed E-state index contributed by atoms with van der Waals surface area (Å²) in [5, 5.41) is 2.96. The molecule has 0 saturated heterocycles. The predicted octanol–water partition coefficient (Wildman–Crippen LogP) is 3.19. The van der Waals surface area contributed by atoms with Gasteiger partial charge < -0.3 is 19.5 Å². The summed E-state index contributed by atoms with van der Waals surface area (Å²) in [7, 11) is 4.72. The standard InChI is InChI=1S/C18H21NO4S/c1-21-13-7-11(8-14(22-2)17(13)23-3)10-19-18(20)16-9-12-5-4-6-15(12)24-16/h7-9H,4-6,10H2,1-3H3,(H,19,20). The summed E-state index contributed by atoms with van der Waals surface area (Å²) >= 11 is 1.61. The maximum absolute atomic E-state index is 12.4. The molecule has 5 nitrogen and oxygen atoms in total. The fourth-order valence-electron chi connectivity index (χ4n) is 2.95. The molecule has 6 heteroatoms. The average Bonchev–Trinajstić information content (AvgIpc) is 3.20. The Labute approximate surface area is 145 Å². The van der Waals surface area contributed by atoms with Gasteiger partial charge >= 0.3 is 0 Å². The van der Waals surface area contributed by atoms with Crippen molar-refractivity contribution in [3.63, 3.8) is 0 Å². The molecule has 1 aromatic heterocycles. The lowest BCUT2D eigenvalue weighted by atomic mass is 10.1. The Bertz CT molecular complexity index is 707. The molecule has 1 N–H and O–H groups in total. The molecule has 0 saturated carbocycles. The van der Waals surface area contributed by atoms with Crippen molar-refractivity contribution in [1.29, 1.82) is 0 Å². The third kappa shape index (κ3) is 3.19. The molecule has 0 spiro atoms. The first-order valence-electron chi connectivity index (χ1n) is 7.85. The lowest BCUT2D eigenvalue weighted by Gasteiger charge is -2.14. The Morgan fingerprint density at radius 1 is 1.08 bits per heavy atom. The van der Waals surface area contributed by atoms with E-state index in [0.29, 0.717) is 23.8 Å². The number of amides is 1. The van der Waals surface area contributed by atoms with E-state index in [0.717, 1.165) is 23.3 Å². The number of hydrogen-bond donors (Lipinski definition) is 1. The van der Waals surface area contributed by atoms with Crippen LogP contribution in [0.2, 0.25) is 0 Å². The van der Waals surface area contributed by atoms with E-state index in [1.54, 1.807) is 32.7 Å². The molecule has 0 atom stereocenters. The normalized spacial score (nSPS) is 12.6. The highest BCUT2D eigenvalue weighted by Crippen LogP contribution is 2.38. The first kappa shape index (κ1) is 16.6. The molecular formula is C18H21NO4S. The number of hydrogen-bond acceptors (Lipinski definition) is 5. The highest BCUT2D eigenvalue weighted by molar-refractivity contribution is 7.14. The van der Waals surface area contributed by atoms with Crippen molar-refractivity contribution in [1.82, 2.24) is 5.32 Å². The highest BCUT2D eigenvalue weighted by Gasteiger charge is 2.19. The summed E-state index contributed by atoms with van der Waals surface area (Å²) in [6.45, 7) is 0.401. The molecule has 0 radical (unpaired) electrons. The number of benzene rings is 1. The number of thiophene rings is 1. The van der Waals surface area contributed by atoms with E-state index in [9.17, 15) is 4.79 Å². The predicted molar refractivity (Wildman–Crippen MR) is 93.6 cm³/mol. The van der Waals surface area contributed by atoms with Crippen LogP contribution in [0.3, 0.4) is 0 Å². The van der Waals surface area contributed by atoms with E-state index in [1.165, 1.54) is 16.9 Å². The van der Waals surface area contributed by atoms with Gasteiger partial charge in [-0.1, -0.05) is 0 Å². The SMILES string of the molecule is COc1cc(CNC(=O)c2cc3c(s2)CCC3)cc(OC)c1OC. The van der Waals surface area contributed by atoms with Crippen LogP contribution in [0.4, 0.5) is 0 Å². The Morgan fingerprint density at radius 2 is 1.79 bits per heavy atom. The molecule has 0 bridgehead atoms. The smallest absolute Gasteiger partial charge is 0.261 e. The van der Waals surface area contributed by atoms with Gasteiger partial charge in [-0.05, 0) is 48.6 Å². The van der Waals surface area contributed by atoms with Crippen LogP contribution in [-0.4, -0.2) is 27.2 Å². The van der Waals surface area contributed by atoms with Gasteiger partial charge in [-0.25, -0.2) is 0 Å². The van der Waals surface area contributed by atoms with Crippen molar-refractivity contribution in [2.75, 3.05) is 21.3 Å². The molecule has 0 aliphatic heterocycles. The molecule has 1 heterocycles. The van der Waals surface area contributed by atoms with Gasteiger partial charge in [-0.15, -0.1) is 11.3 Å². The first-order chi connectivity index (χ1) is 11.7. The number of carbonyl (C=O) groups is 1. The fraction of sp³-hybridized carbons (Fsp3) is 0.389. The zero-order chi connectivity index (χ0) is 17.1. The molecule has 0 unspecified atom stereocenters. The topological polar surface area (TPSA) is 56.8 Å². The Balaban J connectivity index is 1.72. The van der Waals surface area contributed by atoms with Crippen LogP contribution in [0.1, 0.15) is 32.1 Å². The average molecular weight is 347 g/mol. The molecule has 3 rings (SSSR count). The first-order valence-corrected chi connectivity index (χ1v) is 8.66. The summed E-state index contributed by atoms with van der Waals surface area (Å²) in [6, 6.07) is 5.71. The van der Waals surface area contributed by atoms with Gasteiger partial charge in [-0.2, -0.15) is 0 Å². The van der Waals surface area contributed by atoms with Crippen molar-refractivity contribution in [2.45, 2.75) is 25.8 Å². The van der Waals surface area contributed by atoms with Crippen LogP contribution < -0.4 is 19.5 Å². The van der Waals surface area contributed by atoms with E-state index in [-0.39, 0.29) is 5.91 Å². The molecular weight excluding hydrogens is 326 g/mol. The van der Waals surface area contributed by atoms with E-state index in [2.05, 4.69) is 5.32 Å². The van der Waals surface area contributed by atoms with Crippen LogP contribution in [0.15, 0.2) is 18.2 Å². The third-order valence-corrected chi connectivity index (χ3v) is 5.38. The second-order valence-corrected chi connectivity index (χ2v) is 6.77. The molecule has 2 aromatic rings. The zero-order valence-electron chi connectivity index (χ0n) is 14.1. The lowest BCUT2D eigenvalue weighted by Crippen LogP contribution is -2.21. The molecule has 128 valence electrons. The van der Waals surface area contributed by atoms with E-state index in [4.69, 9.17) is 14.2 Å². The number of carbonyl (C=O) groups excluding carboxylic acids is 1.